The van der Waals surface area contributed by atoms with Gasteiger partial charge in [-0.05, 0) is 18.1 Å². The number of hydrazine groups is 1. The molecule has 1 heterocycles. The fourth-order valence-electron chi connectivity index (χ4n) is 1.62. The van der Waals surface area contributed by atoms with Crippen molar-refractivity contribution >= 4 is 5.82 Å². The highest BCUT2D eigenvalue weighted by Gasteiger charge is 2.14. The summed E-state index contributed by atoms with van der Waals surface area (Å²) in [7, 11) is 0. The number of nitrogens with two attached hydrogens (primary N) is 1. The molecular weight excluding hydrogens is 252 g/mol. The number of nitrogens with one attached hydrogen (secondary N) is 1. The highest BCUT2D eigenvalue weighted by atomic mass is 19.1. The molecule has 1 aromatic heterocycles. The van der Waals surface area contributed by atoms with Crippen LogP contribution in [-0.4, -0.2) is 4.98 Å². The molecule has 4 nitrogen and oxygen atoms in total. The first-order chi connectivity index (χ1) is 9.15. The second-order valence-electron chi connectivity index (χ2n) is 3.81. The summed E-state index contributed by atoms with van der Waals surface area (Å²) in [6.45, 7) is 1.95. The van der Waals surface area contributed by atoms with Gasteiger partial charge in [-0.2, -0.15) is 4.98 Å². The average Bonchev–Trinajstić information content (AvgIpc) is 2.42. The van der Waals surface area contributed by atoms with Gasteiger partial charge in [-0.3, -0.25) is 0 Å². The summed E-state index contributed by atoms with van der Waals surface area (Å²) in [5.74, 6) is 3.20. The topological polar surface area (TPSA) is 60.2 Å². The largest absolute Gasteiger partial charge is 0.436 e. The van der Waals surface area contributed by atoms with E-state index in [0.29, 0.717) is 11.8 Å². The van der Waals surface area contributed by atoms with Crippen LogP contribution in [0.3, 0.4) is 0 Å². The molecule has 2 aromatic rings. The molecule has 0 radical (unpaired) electrons. The highest BCUT2D eigenvalue weighted by Crippen LogP contribution is 2.28. The fraction of sp³-hybridized carbons (Fsp3) is 0.154. The van der Waals surface area contributed by atoms with Crippen LogP contribution in [0.15, 0.2) is 30.3 Å². The molecular formula is C13H13F2N3O. The van der Waals surface area contributed by atoms with Crippen LogP contribution in [0.2, 0.25) is 0 Å². The summed E-state index contributed by atoms with van der Waals surface area (Å²) < 4.78 is 32.2. The van der Waals surface area contributed by atoms with Gasteiger partial charge < -0.3 is 10.2 Å². The number of ether oxygens (including phenoxy) is 1. The van der Waals surface area contributed by atoms with Crippen LogP contribution in [0.5, 0.6) is 11.6 Å². The number of aryl methyl sites for hydroxylation is 1. The molecule has 6 heteroatoms. The lowest BCUT2D eigenvalue weighted by atomic mass is 10.1. The average molecular weight is 265 g/mol. The number of rotatable bonds is 4. The molecule has 0 amide bonds. The van der Waals surface area contributed by atoms with Crippen molar-refractivity contribution in [1.82, 2.24) is 4.98 Å². The van der Waals surface area contributed by atoms with Crippen LogP contribution >= 0.6 is 0 Å². The van der Waals surface area contributed by atoms with E-state index in [0.717, 1.165) is 12.0 Å². The van der Waals surface area contributed by atoms with Crippen molar-refractivity contribution in [2.24, 2.45) is 5.84 Å². The Balaban J connectivity index is 2.38. The van der Waals surface area contributed by atoms with Gasteiger partial charge in [0.25, 0.3) is 5.88 Å². The maximum absolute atomic E-state index is 13.6. The summed E-state index contributed by atoms with van der Waals surface area (Å²) in [6, 6.07) is 7.84. The van der Waals surface area contributed by atoms with E-state index in [2.05, 4.69) is 4.98 Å². The minimum atomic E-state index is -0.887. The minimum absolute atomic E-state index is 0.273. The summed E-state index contributed by atoms with van der Waals surface area (Å²) in [5.41, 5.74) is 2.94. The normalized spacial score (nSPS) is 10.3. The molecule has 0 unspecified atom stereocenters. The number of hydrogen-bond donors (Lipinski definition) is 2. The molecule has 0 fully saturated rings. The van der Waals surface area contributed by atoms with E-state index in [9.17, 15) is 8.78 Å². The molecule has 0 aliphatic rings. The monoisotopic (exact) mass is 265 g/mol. The minimum Gasteiger partial charge on any atom is -0.436 e. The van der Waals surface area contributed by atoms with Crippen LogP contribution in [0.1, 0.15) is 12.5 Å². The van der Waals surface area contributed by atoms with E-state index in [1.165, 1.54) is 0 Å². The lowest BCUT2D eigenvalue weighted by Crippen LogP contribution is -2.11. The number of hydrogen-bond acceptors (Lipinski definition) is 4. The predicted molar refractivity (Wildman–Crippen MR) is 67.9 cm³/mol. The molecule has 0 aliphatic carbocycles. The van der Waals surface area contributed by atoms with Crippen LogP contribution in [0.25, 0.3) is 0 Å². The first kappa shape index (κ1) is 13.2. The molecule has 2 rings (SSSR count). The predicted octanol–water partition coefficient (Wildman–Crippen LogP) is 3.00. The first-order valence-corrected chi connectivity index (χ1v) is 5.74. The number of nitrogens with zero attached hydrogens (tertiary/aromatic N) is 1. The van der Waals surface area contributed by atoms with Gasteiger partial charge in [-0.1, -0.05) is 25.1 Å². The second kappa shape index (κ2) is 5.62. The van der Waals surface area contributed by atoms with Crippen LogP contribution in [-0.2, 0) is 6.42 Å². The molecule has 19 heavy (non-hydrogen) atoms. The van der Waals surface area contributed by atoms with Crippen LogP contribution < -0.4 is 16.0 Å². The summed E-state index contributed by atoms with van der Waals surface area (Å²) in [6.07, 6.45) is 0.723. The Kier molecular flexibility index (Phi) is 3.91. The third-order valence-corrected chi connectivity index (χ3v) is 2.59. The number of anilines is 1. The molecule has 0 saturated heterocycles. The molecule has 0 spiro atoms. The Morgan fingerprint density at radius 2 is 2.00 bits per heavy atom. The van der Waals surface area contributed by atoms with Crippen molar-refractivity contribution in [3.8, 4) is 11.6 Å². The van der Waals surface area contributed by atoms with E-state index in [1.807, 2.05) is 24.5 Å². The van der Waals surface area contributed by atoms with Gasteiger partial charge in [-0.25, -0.2) is 14.6 Å². The Morgan fingerprint density at radius 1 is 1.26 bits per heavy atom. The third kappa shape index (κ3) is 2.79. The Labute approximate surface area is 109 Å². The zero-order valence-electron chi connectivity index (χ0n) is 10.3. The molecule has 3 N–H and O–H groups in total. The zero-order valence-corrected chi connectivity index (χ0v) is 10.3. The number of aromatic nitrogens is 1. The van der Waals surface area contributed by atoms with Gasteiger partial charge in [0.2, 0.25) is 0 Å². The molecule has 0 bridgehead atoms. The quantitative estimate of drug-likeness (QED) is 0.659. The van der Waals surface area contributed by atoms with E-state index < -0.39 is 11.6 Å². The van der Waals surface area contributed by atoms with Gasteiger partial charge in [0, 0.05) is 6.07 Å². The van der Waals surface area contributed by atoms with E-state index in [-0.39, 0.29) is 11.7 Å². The maximum atomic E-state index is 13.6. The van der Waals surface area contributed by atoms with E-state index in [4.69, 9.17) is 10.6 Å². The Bertz CT molecular complexity index is 590. The molecule has 100 valence electrons. The van der Waals surface area contributed by atoms with Crippen molar-refractivity contribution < 1.29 is 13.5 Å². The van der Waals surface area contributed by atoms with Crippen LogP contribution in [0.4, 0.5) is 14.6 Å². The first-order valence-electron chi connectivity index (χ1n) is 5.74. The lowest BCUT2D eigenvalue weighted by molar-refractivity contribution is 0.414. The number of pyridine rings is 1. The number of benzene rings is 1. The Morgan fingerprint density at radius 3 is 2.68 bits per heavy atom. The second-order valence-corrected chi connectivity index (χ2v) is 3.81. The lowest BCUT2D eigenvalue weighted by Gasteiger charge is -2.11. The van der Waals surface area contributed by atoms with E-state index >= 15 is 0 Å². The molecule has 0 saturated carbocycles. The summed E-state index contributed by atoms with van der Waals surface area (Å²) >= 11 is 0. The van der Waals surface area contributed by atoms with Gasteiger partial charge in [-0.15, -0.1) is 0 Å². The SMILES string of the molecule is CCc1ccccc1Oc1nc(NN)c(F)cc1F. The van der Waals surface area contributed by atoms with E-state index in [1.54, 1.807) is 12.1 Å². The van der Waals surface area contributed by atoms with Crippen LogP contribution in [0, 0.1) is 11.6 Å². The van der Waals surface area contributed by atoms with Crippen molar-refractivity contribution in [2.45, 2.75) is 13.3 Å². The molecule has 0 atom stereocenters. The van der Waals surface area contributed by atoms with Gasteiger partial charge in [0.1, 0.15) is 5.75 Å². The van der Waals surface area contributed by atoms with Gasteiger partial charge in [0.05, 0.1) is 0 Å². The fourth-order valence-corrected chi connectivity index (χ4v) is 1.62. The molecule has 0 aliphatic heterocycles. The number of para-hydroxylation sites is 1. The Hall–Kier alpha value is -2.21. The number of halogens is 2. The zero-order chi connectivity index (χ0) is 13.8. The van der Waals surface area contributed by atoms with Gasteiger partial charge >= 0.3 is 0 Å². The standard InChI is InChI=1S/C13H13F2N3O/c1-2-8-5-3-4-6-11(8)19-13-10(15)7-9(14)12(17-13)18-16/h3-7H,2,16H2,1H3,(H,17,18). The third-order valence-electron chi connectivity index (χ3n) is 2.59. The smallest absolute Gasteiger partial charge is 0.258 e. The highest BCUT2D eigenvalue weighted by molar-refractivity contribution is 5.41. The summed E-state index contributed by atoms with van der Waals surface area (Å²) in [5, 5.41) is 0. The summed E-state index contributed by atoms with van der Waals surface area (Å²) in [4.78, 5) is 3.65. The molecule has 1 aromatic carbocycles. The van der Waals surface area contributed by atoms with Crippen molar-refractivity contribution in [2.75, 3.05) is 5.43 Å². The van der Waals surface area contributed by atoms with Crippen molar-refractivity contribution in [1.29, 1.82) is 0 Å². The van der Waals surface area contributed by atoms with Crippen molar-refractivity contribution in [3.05, 3.63) is 47.5 Å². The van der Waals surface area contributed by atoms with Crippen molar-refractivity contribution in [3.63, 3.8) is 0 Å². The number of nitrogen functional groups attached to an aromatic ring is 1. The van der Waals surface area contributed by atoms with Gasteiger partial charge in [0.15, 0.2) is 17.5 Å². The maximum Gasteiger partial charge on any atom is 0.258 e.